The van der Waals surface area contributed by atoms with E-state index in [-0.39, 0.29) is 12.6 Å². The molecule has 0 saturated heterocycles. The van der Waals surface area contributed by atoms with Crippen LogP contribution in [0.2, 0.25) is 0 Å². The standard InChI is InChI=1S/C25H27N5O4/c1-4-12-30-16(3)21(23(31)34-5-2)22(29-25(30)33)18-9-7-11-20(14-18)28-24(32)27-19-10-6-8-17(13-19)15-26/h6-11,13-14,22H,4-5,12H2,1-3H3,(H,29,33)(H2,27,28,32). The molecular weight excluding hydrogens is 434 g/mol. The number of carbonyl (C=O) groups is 3. The van der Waals surface area contributed by atoms with Crippen molar-refractivity contribution in [2.75, 3.05) is 23.8 Å². The van der Waals surface area contributed by atoms with E-state index < -0.39 is 18.0 Å². The van der Waals surface area contributed by atoms with Gasteiger partial charge >= 0.3 is 18.0 Å². The fourth-order valence-corrected chi connectivity index (χ4v) is 3.75. The Labute approximate surface area is 198 Å². The van der Waals surface area contributed by atoms with E-state index in [1.165, 1.54) is 4.90 Å². The summed E-state index contributed by atoms with van der Waals surface area (Å²) in [5, 5.41) is 17.3. The van der Waals surface area contributed by atoms with Gasteiger partial charge in [-0.1, -0.05) is 25.1 Å². The third-order valence-corrected chi connectivity index (χ3v) is 5.27. The Morgan fingerprint density at radius 3 is 2.44 bits per heavy atom. The van der Waals surface area contributed by atoms with E-state index in [0.717, 1.165) is 6.42 Å². The number of allylic oxidation sites excluding steroid dienone is 1. The molecule has 0 saturated carbocycles. The lowest BCUT2D eigenvalue weighted by Crippen LogP contribution is -2.48. The number of rotatable bonds is 7. The second-order valence-electron chi connectivity index (χ2n) is 7.65. The molecule has 2 aromatic carbocycles. The zero-order valence-corrected chi connectivity index (χ0v) is 19.3. The van der Waals surface area contributed by atoms with Crippen LogP contribution < -0.4 is 16.0 Å². The van der Waals surface area contributed by atoms with Crippen molar-refractivity contribution in [1.29, 1.82) is 5.26 Å². The molecule has 1 aliphatic heterocycles. The number of nitrogens with one attached hydrogen (secondary N) is 3. The minimum Gasteiger partial charge on any atom is -0.463 e. The summed E-state index contributed by atoms with van der Waals surface area (Å²) >= 11 is 0. The number of hydrogen-bond donors (Lipinski definition) is 3. The molecule has 34 heavy (non-hydrogen) atoms. The Hall–Kier alpha value is -4.32. The van der Waals surface area contributed by atoms with Crippen molar-refractivity contribution in [3.8, 4) is 6.07 Å². The Kier molecular flexibility index (Phi) is 7.88. The van der Waals surface area contributed by atoms with Gasteiger partial charge in [0, 0.05) is 23.6 Å². The molecule has 2 aromatic rings. The van der Waals surface area contributed by atoms with Crippen molar-refractivity contribution in [1.82, 2.24) is 10.2 Å². The number of ether oxygens (including phenoxy) is 1. The van der Waals surface area contributed by atoms with Crippen molar-refractivity contribution in [3.63, 3.8) is 0 Å². The first-order valence-electron chi connectivity index (χ1n) is 11.0. The molecule has 3 rings (SSSR count). The van der Waals surface area contributed by atoms with Crippen LogP contribution in [0, 0.1) is 11.3 Å². The molecule has 0 fully saturated rings. The number of amides is 4. The monoisotopic (exact) mass is 461 g/mol. The van der Waals surface area contributed by atoms with Crippen LogP contribution in [-0.4, -0.2) is 36.1 Å². The van der Waals surface area contributed by atoms with Gasteiger partial charge in [0.05, 0.1) is 29.9 Å². The number of nitriles is 1. The number of esters is 1. The van der Waals surface area contributed by atoms with Crippen LogP contribution in [-0.2, 0) is 9.53 Å². The zero-order valence-electron chi connectivity index (χ0n) is 19.3. The highest BCUT2D eigenvalue weighted by atomic mass is 16.5. The van der Waals surface area contributed by atoms with Crippen LogP contribution in [0.5, 0.6) is 0 Å². The summed E-state index contributed by atoms with van der Waals surface area (Å²) in [6, 6.07) is 13.9. The lowest BCUT2D eigenvalue weighted by Gasteiger charge is -2.35. The third kappa shape index (κ3) is 5.53. The number of benzene rings is 2. The molecule has 1 heterocycles. The molecule has 0 spiro atoms. The highest BCUT2D eigenvalue weighted by Gasteiger charge is 2.36. The van der Waals surface area contributed by atoms with Gasteiger partial charge in [0.1, 0.15) is 0 Å². The molecule has 0 aliphatic carbocycles. The number of carbonyl (C=O) groups excluding carboxylic acids is 3. The smallest absolute Gasteiger partial charge is 0.338 e. The lowest BCUT2D eigenvalue weighted by molar-refractivity contribution is -0.139. The van der Waals surface area contributed by atoms with E-state index in [1.807, 2.05) is 13.0 Å². The van der Waals surface area contributed by atoms with E-state index in [9.17, 15) is 14.4 Å². The Bertz CT molecular complexity index is 1170. The molecule has 0 bridgehead atoms. The predicted molar refractivity (Wildman–Crippen MR) is 128 cm³/mol. The van der Waals surface area contributed by atoms with Gasteiger partial charge in [0.25, 0.3) is 0 Å². The first kappa shape index (κ1) is 24.3. The molecule has 1 unspecified atom stereocenters. The fraction of sp³-hybridized carbons (Fsp3) is 0.280. The normalized spacial score (nSPS) is 15.3. The summed E-state index contributed by atoms with van der Waals surface area (Å²) in [5.74, 6) is -0.500. The largest absolute Gasteiger partial charge is 0.463 e. The van der Waals surface area contributed by atoms with Gasteiger partial charge in [0.2, 0.25) is 0 Å². The van der Waals surface area contributed by atoms with Crippen molar-refractivity contribution >= 4 is 29.4 Å². The van der Waals surface area contributed by atoms with Gasteiger partial charge in [-0.15, -0.1) is 0 Å². The molecule has 0 aromatic heterocycles. The van der Waals surface area contributed by atoms with Crippen molar-refractivity contribution in [2.45, 2.75) is 33.2 Å². The molecule has 1 aliphatic rings. The van der Waals surface area contributed by atoms with Crippen LogP contribution in [0.4, 0.5) is 21.0 Å². The van der Waals surface area contributed by atoms with Crippen molar-refractivity contribution < 1.29 is 19.1 Å². The summed E-state index contributed by atoms with van der Waals surface area (Å²) in [5.41, 5.74) is 2.89. The Morgan fingerprint density at radius 2 is 1.79 bits per heavy atom. The zero-order chi connectivity index (χ0) is 24.7. The predicted octanol–water partition coefficient (Wildman–Crippen LogP) is 4.52. The van der Waals surface area contributed by atoms with E-state index in [1.54, 1.807) is 62.4 Å². The van der Waals surface area contributed by atoms with Gasteiger partial charge < -0.3 is 20.7 Å². The molecule has 9 nitrogen and oxygen atoms in total. The number of nitrogens with zero attached hydrogens (tertiary/aromatic N) is 2. The number of anilines is 2. The van der Waals surface area contributed by atoms with E-state index in [0.29, 0.717) is 40.3 Å². The molecule has 4 amide bonds. The van der Waals surface area contributed by atoms with Crippen LogP contribution in [0.3, 0.4) is 0 Å². The molecule has 0 radical (unpaired) electrons. The highest BCUT2D eigenvalue weighted by Crippen LogP contribution is 2.32. The fourth-order valence-electron chi connectivity index (χ4n) is 3.75. The van der Waals surface area contributed by atoms with Crippen LogP contribution in [0.25, 0.3) is 0 Å². The summed E-state index contributed by atoms with van der Waals surface area (Å²) in [4.78, 5) is 39.6. The van der Waals surface area contributed by atoms with Gasteiger partial charge in [-0.2, -0.15) is 5.26 Å². The summed E-state index contributed by atoms with van der Waals surface area (Å²) in [6.07, 6.45) is 0.733. The van der Waals surface area contributed by atoms with Crippen LogP contribution >= 0.6 is 0 Å². The quantitative estimate of drug-likeness (QED) is 0.523. The minimum atomic E-state index is -0.725. The first-order valence-corrected chi connectivity index (χ1v) is 11.0. The van der Waals surface area contributed by atoms with Crippen molar-refractivity contribution in [3.05, 3.63) is 70.9 Å². The van der Waals surface area contributed by atoms with Gasteiger partial charge in [-0.25, -0.2) is 14.4 Å². The summed E-state index contributed by atoms with van der Waals surface area (Å²) in [7, 11) is 0. The molecule has 1 atom stereocenters. The third-order valence-electron chi connectivity index (χ3n) is 5.27. The lowest BCUT2D eigenvalue weighted by atomic mass is 9.94. The summed E-state index contributed by atoms with van der Waals surface area (Å²) < 4.78 is 5.27. The molecule has 9 heteroatoms. The number of urea groups is 2. The summed E-state index contributed by atoms with van der Waals surface area (Å²) in [6.45, 7) is 6.09. The number of hydrogen-bond acceptors (Lipinski definition) is 5. The van der Waals surface area contributed by atoms with Crippen molar-refractivity contribution in [2.24, 2.45) is 0 Å². The minimum absolute atomic E-state index is 0.207. The second kappa shape index (κ2) is 11.0. The SMILES string of the molecule is CCCN1C(=O)NC(c2cccc(NC(=O)Nc3cccc(C#N)c3)c2)C(C(=O)OCC)=C1C. The Balaban J connectivity index is 1.86. The molecular formula is C25H27N5O4. The van der Waals surface area contributed by atoms with Gasteiger partial charge in [-0.3, -0.25) is 4.90 Å². The maximum Gasteiger partial charge on any atom is 0.338 e. The van der Waals surface area contributed by atoms with Gasteiger partial charge in [0.15, 0.2) is 0 Å². The highest BCUT2D eigenvalue weighted by molar-refractivity contribution is 6.00. The maximum absolute atomic E-state index is 12.8. The van der Waals surface area contributed by atoms with E-state index in [2.05, 4.69) is 16.0 Å². The van der Waals surface area contributed by atoms with Crippen LogP contribution in [0.15, 0.2) is 59.8 Å². The Morgan fingerprint density at radius 1 is 1.12 bits per heavy atom. The van der Waals surface area contributed by atoms with Gasteiger partial charge in [-0.05, 0) is 56.2 Å². The average Bonchev–Trinajstić information content (AvgIpc) is 2.81. The molecule has 176 valence electrons. The van der Waals surface area contributed by atoms with E-state index in [4.69, 9.17) is 10.00 Å². The second-order valence-corrected chi connectivity index (χ2v) is 7.65. The first-order chi connectivity index (χ1) is 16.4. The van der Waals surface area contributed by atoms with E-state index >= 15 is 0 Å². The topological polar surface area (TPSA) is 124 Å². The average molecular weight is 462 g/mol. The molecule has 3 N–H and O–H groups in total. The maximum atomic E-state index is 12.8. The van der Waals surface area contributed by atoms with Crippen LogP contribution in [0.1, 0.15) is 44.4 Å².